The summed E-state index contributed by atoms with van der Waals surface area (Å²) in [6, 6.07) is 10.1. The molecule has 0 bridgehead atoms. The molecule has 1 aromatic rings. The van der Waals surface area contributed by atoms with Crippen LogP contribution in [-0.4, -0.2) is 18.6 Å². The fraction of sp³-hybridized carbons (Fsp3) is 0.625. The van der Waals surface area contributed by atoms with Crippen molar-refractivity contribution in [3.8, 4) is 0 Å². The van der Waals surface area contributed by atoms with Crippen molar-refractivity contribution in [1.82, 2.24) is 10.6 Å². The Labute approximate surface area is 125 Å². The summed E-state index contributed by atoms with van der Waals surface area (Å²) in [6.45, 7) is 5.73. The lowest BCUT2D eigenvalue weighted by Gasteiger charge is -2.28. The van der Waals surface area contributed by atoms with Gasteiger partial charge in [0, 0.05) is 22.6 Å². The van der Waals surface area contributed by atoms with Crippen molar-refractivity contribution < 1.29 is 0 Å². The van der Waals surface area contributed by atoms with E-state index in [-0.39, 0.29) is 0 Å². The summed E-state index contributed by atoms with van der Waals surface area (Å²) in [5.74, 6) is 0. The summed E-state index contributed by atoms with van der Waals surface area (Å²) in [4.78, 5) is 0. The van der Waals surface area contributed by atoms with Crippen molar-refractivity contribution in [2.45, 2.75) is 57.7 Å². The highest BCUT2D eigenvalue weighted by atomic mass is 79.9. The number of piperidine rings is 1. The van der Waals surface area contributed by atoms with Gasteiger partial charge in [-0.05, 0) is 51.3 Å². The Hall–Kier alpha value is -0.380. The Kier molecular flexibility index (Phi) is 5.86. The zero-order valence-electron chi connectivity index (χ0n) is 12.0. The van der Waals surface area contributed by atoms with E-state index in [0.29, 0.717) is 18.1 Å². The molecule has 106 valence electrons. The van der Waals surface area contributed by atoms with Crippen LogP contribution in [0.3, 0.4) is 0 Å². The van der Waals surface area contributed by atoms with Crippen LogP contribution in [0.1, 0.15) is 51.1 Å². The van der Waals surface area contributed by atoms with Gasteiger partial charge < -0.3 is 10.6 Å². The van der Waals surface area contributed by atoms with E-state index in [2.05, 4.69) is 64.7 Å². The number of hydrogen-bond acceptors (Lipinski definition) is 2. The molecule has 2 N–H and O–H groups in total. The monoisotopic (exact) mass is 324 g/mol. The molecule has 2 rings (SSSR count). The van der Waals surface area contributed by atoms with Crippen molar-refractivity contribution >= 4 is 15.9 Å². The molecule has 0 aromatic heterocycles. The van der Waals surface area contributed by atoms with Gasteiger partial charge in [0.2, 0.25) is 0 Å². The Bertz CT molecular complexity index is 388. The van der Waals surface area contributed by atoms with Gasteiger partial charge in [0.15, 0.2) is 0 Å². The number of halogens is 1. The van der Waals surface area contributed by atoms with E-state index in [1.54, 1.807) is 0 Å². The molecule has 3 atom stereocenters. The predicted molar refractivity (Wildman–Crippen MR) is 85.4 cm³/mol. The zero-order valence-corrected chi connectivity index (χ0v) is 13.5. The largest absolute Gasteiger partial charge is 0.314 e. The molecular weight excluding hydrogens is 300 g/mol. The maximum absolute atomic E-state index is 3.71. The molecule has 3 unspecified atom stereocenters. The maximum atomic E-state index is 3.71. The molecule has 1 fully saturated rings. The molecule has 0 radical (unpaired) electrons. The van der Waals surface area contributed by atoms with Crippen LogP contribution in [0.4, 0.5) is 0 Å². The topological polar surface area (TPSA) is 24.1 Å². The van der Waals surface area contributed by atoms with Gasteiger partial charge in [0.1, 0.15) is 0 Å². The molecule has 1 aliphatic rings. The third-order valence-electron chi connectivity index (χ3n) is 3.96. The SMILES string of the molecule is CC(CC1CCCCN1)NC(C)c1ccccc1Br. The van der Waals surface area contributed by atoms with Gasteiger partial charge in [-0.25, -0.2) is 0 Å². The molecular formula is C16H25BrN2. The highest BCUT2D eigenvalue weighted by Crippen LogP contribution is 2.23. The number of benzene rings is 1. The van der Waals surface area contributed by atoms with Gasteiger partial charge in [0.05, 0.1) is 0 Å². The van der Waals surface area contributed by atoms with Crippen molar-refractivity contribution in [2.24, 2.45) is 0 Å². The first-order chi connectivity index (χ1) is 9.16. The lowest BCUT2D eigenvalue weighted by Crippen LogP contribution is -2.40. The lowest BCUT2D eigenvalue weighted by atomic mass is 9.98. The molecule has 3 heteroatoms. The minimum Gasteiger partial charge on any atom is -0.314 e. The summed E-state index contributed by atoms with van der Waals surface area (Å²) in [5, 5.41) is 7.34. The lowest BCUT2D eigenvalue weighted by molar-refractivity contribution is 0.334. The molecule has 1 saturated heterocycles. The minimum absolute atomic E-state index is 0.383. The molecule has 1 aliphatic heterocycles. The first-order valence-electron chi connectivity index (χ1n) is 7.40. The van der Waals surface area contributed by atoms with Crippen molar-refractivity contribution in [1.29, 1.82) is 0 Å². The third-order valence-corrected chi connectivity index (χ3v) is 4.68. The number of hydrogen-bond donors (Lipinski definition) is 2. The highest BCUT2D eigenvalue weighted by molar-refractivity contribution is 9.10. The Morgan fingerprint density at radius 1 is 1.32 bits per heavy atom. The van der Waals surface area contributed by atoms with Crippen LogP contribution in [0.5, 0.6) is 0 Å². The van der Waals surface area contributed by atoms with Gasteiger partial charge in [0.25, 0.3) is 0 Å². The Morgan fingerprint density at radius 2 is 2.11 bits per heavy atom. The molecule has 0 aliphatic carbocycles. The maximum Gasteiger partial charge on any atom is 0.0305 e. The van der Waals surface area contributed by atoms with Crippen LogP contribution >= 0.6 is 15.9 Å². The van der Waals surface area contributed by atoms with E-state index < -0.39 is 0 Å². The fourth-order valence-electron chi connectivity index (χ4n) is 2.96. The third kappa shape index (κ3) is 4.59. The van der Waals surface area contributed by atoms with Crippen LogP contribution in [-0.2, 0) is 0 Å². The van der Waals surface area contributed by atoms with Crippen molar-refractivity contribution in [3.63, 3.8) is 0 Å². The van der Waals surface area contributed by atoms with Crippen LogP contribution in [0.15, 0.2) is 28.7 Å². The van der Waals surface area contributed by atoms with Gasteiger partial charge in [-0.15, -0.1) is 0 Å². The zero-order chi connectivity index (χ0) is 13.7. The van der Waals surface area contributed by atoms with Crippen molar-refractivity contribution in [2.75, 3.05) is 6.54 Å². The molecule has 1 heterocycles. The van der Waals surface area contributed by atoms with E-state index in [0.717, 1.165) is 0 Å². The first kappa shape index (κ1) is 15.0. The standard InChI is InChI=1S/C16H25BrN2/c1-12(11-14-7-5-6-10-18-14)19-13(2)15-8-3-4-9-16(15)17/h3-4,8-9,12-14,18-19H,5-7,10-11H2,1-2H3. The summed E-state index contributed by atoms with van der Waals surface area (Å²) in [7, 11) is 0. The van der Waals surface area contributed by atoms with Crippen molar-refractivity contribution in [3.05, 3.63) is 34.3 Å². The van der Waals surface area contributed by atoms with Crippen LogP contribution in [0, 0.1) is 0 Å². The van der Waals surface area contributed by atoms with E-state index >= 15 is 0 Å². The summed E-state index contributed by atoms with van der Waals surface area (Å²) in [6.07, 6.45) is 5.26. The minimum atomic E-state index is 0.383. The molecule has 2 nitrogen and oxygen atoms in total. The van der Waals surface area contributed by atoms with E-state index in [9.17, 15) is 0 Å². The Morgan fingerprint density at radius 3 is 2.79 bits per heavy atom. The smallest absolute Gasteiger partial charge is 0.0305 e. The van der Waals surface area contributed by atoms with Gasteiger partial charge in [-0.2, -0.15) is 0 Å². The van der Waals surface area contributed by atoms with Gasteiger partial charge >= 0.3 is 0 Å². The second-order valence-electron chi connectivity index (χ2n) is 5.69. The van der Waals surface area contributed by atoms with E-state index in [1.807, 2.05) is 0 Å². The van der Waals surface area contributed by atoms with Gasteiger partial charge in [-0.1, -0.05) is 40.5 Å². The molecule has 0 spiro atoms. The second-order valence-corrected chi connectivity index (χ2v) is 6.55. The quantitative estimate of drug-likeness (QED) is 0.854. The molecule has 1 aromatic carbocycles. The predicted octanol–water partition coefficient (Wildman–Crippen LogP) is 4.02. The first-order valence-corrected chi connectivity index (χ1v) is 8.20. The summed E-state index contributed by atoms with van der Waals surface area (Å²) in [5.41, 5.74) is 1.34. The number of nitrogens with one attached hydrogen (secondary N) is 2. The molecule has 19 heavy (non-hydrogen) atoms. The van der Waals surface area contributed by atoms with Crippen LogP contribution in [0.2, 0.25) is 0 Å². The van der Waals surface area contributed by atoms with Gasteiger partial charge in [-0.3, -0.25) is 0 Å². The fourth-order valence-corrected chi connectivity index (χ4v) is 3.59. The molecule has 0 saturated carbocycles. The Balaban J connectivity index is 1.84. The van der Waals surface area contributed by atoms with Crippen LogP contribution in [0.25, 0.3) is 0 Å². The average molecular weight is 325 g/mol. The molecule has 0 amide bonds. The average Bonchev–Trinajstić information content (AvgIpc) is 2.40. The highest BCUT2D eigenvalue weighted by Gasteiger charge is 2.17. The van der Waals surface area contributed by atoms with E-state index in [4.69, 9.17) is 0 Å². The summed E-state index contributed by atoms with van der Waals surface area (Å²) >= 11 is 3.63. The number of rotatable bonds is 5. The normalized spacial score (nSPS) is 23.0. The van der Waals surface area contributed by atoms with Crippen LogP contribution < -0.4 is 10.6 Å². The second kappa shape index (κ2) is 7.41. The van der Waals surface area contributed by atoms with E-state index in [1.165, 1.54) is 42.3 Å². The summed E-state index contributed by atoms with van der Waals surface area (Å²) < 4.78 is 1.19.